The lowest BCUT2D eigenvalue weighted by molar-refractivity contribution is 0.0744. The normalized spacial score (nSPS) is 18.0. The number of fused-ring (bicyclic) bond motifs is 1. The number of carbonyl (C=O) groups excluding carboxylic acids is 1. The van der Waals surface area contributed by atoms with E-state index < -0.39 is 11.6 Å². The van der Waals surface area contributed by atoms with E-state index in [0.29, 0.717) is 13.1 Å². The fraction of sp³-hybridized carbons (Fsp3) is 0.474. The van der Waals surface area contributed by atoms with Crippen LogP contribution in [0.4, 0.5) is 8.78 Å². The Bertz CT molecular complexity index is 814. The molecule has 0 atom stereocenters. The van der Waals surface area contributed by atoms with Crippen molar-refractivity contribution in [1.29, 1.82) is 0 Å². The molecule has 0 bridgehead atoms. The van der Waals surface area contributed by atoms with Gasteiger partial charge >= 0.3 is 0 Å². The molecule has 5 nitrogen and oxygen atoms in total. The number of aromatic nitrogens is 2. The predicted molar refractivity (Wildman–Crippen MR) is 92.5 cm³/mol. The van der Waals surface area contributed by atoms with Gasteiger partial charge in [-0.05, 0) is 50.6 Å². The van der Waals surface area contributed by atoms with Crippen molar-refractivity contribution in [2.45, 2.75) is 38.9 Å². The highest BCUT2D eigenvalue weighted by molar-refractivity contribution is 5.94. The second-order valence-electron chi connectivity index (χ2n) is 7.02. The highest BCUT2D eigenvalue weighted by atomic mass is 19.2. The standard InChI is InChI=1S/C19H22F2N4O/c20-15-5-4-14(10-16(15)21)19(26)24-8-3-9-25-13-22-17(18(25)12-24)11-23-6-1-2-7-23/h4-5,10,13H,1-3,6-9,11-12H2. The van der Waals surface area contributed by atoms with Crippen LogP contribution in [0, 0.1) is 11.6 Å². The van der Waals surface area contributed by atoms with Crippen LogP contribution >= 0.6 is 0 Å². The summed E-state index contributed by atoms with van der Waals surface area (Å²) in [5.74, 6) is -2.21. The summed E-state index contributed by atoms with van der Waals surface area (Å²) in [6.45, 7) is 4.82. The minimum atomic E-state index is -0.995. The summed E-state index contributed by atoms with van der Waals surface area (Å²) >= 11 is 0. The number of nitrogens with zero attached hydrogens (tertiary/aromatic N) is 4. The highest BCUT2D eigenvalue weighted by Gasteiger charge is 2.25. The summed E-state index contributed by atoms with van der Waals surface area (Å²) in [6.07, 6.45) is 5.10. The molecule has 0 spiro atoms. The van der Waals surface area contributed by atoms with Crippen LogP contribution in [0.3, 0.4) is 0 Å². The molecule has 0 saturated carbocycles. The van der Waals surface area contributed by atoms with Gasteiger partial charge in [-0.1, -0.05) is 0 Å². The predicted octanol–water partition coefficient (Wildman–Crippen LogP) is 2.80. The average Bonchev–Trinajstić information content (AvgIpc) is 3.22. The van der Waals surface area contributed by atoms with Crippen molar-refractivity contribution in [3.05, 3.63) is 53.1 Å². The maximum Gasteiger partial charge on any atom is 0.254 e. The van der Waals surface area contributed by atoms with Gasteiger partial charge in [0.25, 0.3) is 5.91 Å². The van der Waals surface area contributed by atoms with Crippen LogP contribution in [0.1, 0.15) is 41.0 Å². The molecule has 4 rings (SSSR count). The molecule has 0 radical (unpaired) electrons. The second kappa shape index (κ2) is 7.15. The molecule has 0 unspecified atom stereocenters. The number of amides is 1. The topological polar surface area (TPSA) is 41.4 Å². The lowest BCUT2D eigenvalue weighted by atomic mass is 10.1. The van der Waals surface area contributed by atoms with Crippen molar-refractivity contribution in [2.75, 3.05) is 19.6 Å². The number of hydrogen-bond acceptors (Lipinski definition) is 3. The molecule has 0 aliphatic carbocycles. The van der Waals surface area contributed by atoms with Gasteiger partial charge in [-0.3, -0.25) is 9.69 Å². The maximum atomic E-state index is 13.5. The fourth-order valence-electron chi connectivity index (χ4n) is 3.79. The van der Waals surface area contributed by atoms with E-state index in [0.717, 1.165) is 56.1 Å². The number of imidazole rings is 1. The van der Waals surface area contributed by atoms with E-state index in [2.05, 4.69) is 14.5 Å². The van der Waals surface area contributed by atoms with Crippen molar-refractivity contribution in [1.82, 2.24) is 19.4 Å². The third-order valence-corrected chi connectivity index (χ3v) is 5.23. The van der Waals surface area contributed by atoms with E-state index in [4.69, 9.17) is 0 Å². The molecule has 0 N–H and O–H groups in total. The van der Waals surface area contributed by atoms with Gasteiger partial charge in [-0.15, -0.1) is 0 Å². The Balaban J connectivity index is 1.55. The third kappa shape index (κ3) is 3.35. The van der Waals surface area contributed by atoms with Gasteiger partial charge in [0.05, 0.1) is 24.3 Å². The zero-order chi connectivity index (χ0) is 18.1. The summed E-state index contributed by atoms with van der Waals surface area (Å²) in [5, 5.41) is 0. The second-order valence-corrected chi connectivity index (χ2v) is 7.02. The van der Waals surface area contributed by atoms with Crippen LogP contribution in [0.5, 0.6) is 0 Å². The first-order valence-electron chi connectivity index (χ1n) is 9.11. The Kier molecular flexibility index (Phi) is 4.72. The number of hydrogen-bond donors (Lipinski definition) is 0. The molecule has 2 aliphatic heterocycles. The number of halogens is 2. The van der Waals surface area contributed by atoms with E-state index in [1.54, 1.807) is 4.90 Å². The van der Waals surface area contributed by atoms with Gasteiger partial charge < -0.3 is 9.47 Å². The quantitative estimate of drug-likeness (QED) is 0.845. The zero-order valence-corrected chi connectivity index (χ0v) is 14.6. The molecule has 1 aromatic heterocycles. The van der Waals surface area contributed by atoms with Gasteiger partial charge in [0.2, 0.25) is 0 Å². The van der Waals surface area contributed by atoms with Crippen LogP contribution in [0.15, 0.2) is 24.5 Å². The molecule has 26 heavy (non-hydrogen) atoms. The Morgan fingerprint density at radius 1 is 1.04 bits per heavy atom. The largest absolute Gasteiger partial charge is 0.333 e. The molecular formula is C19H22F2N4O. The molecular weight excluding hydrogens is 338 g/mol. The van der Waals surface area contributed by atoms with Crippen LogP contribution in [0.25, 0.3) is 0 Å². The highest BCUT2D eigenvalue weighted by Crippen LogP contribution is 2.21. The number of likely N-dealkylation sites (tertiary alicyclic amines) is 1. The summed E-state index contributed by atoms with van der Waals surface area (Å²) in [5.41, 5.74) is 2.24. The minimum absolute atomic E-state index is 0.179. The van der Waals surface area contributed by atoms with Gasteiger partial charge in [-0.2, -0.15) is 0 Å². The Morgan fingerprint density at radius 3 is 2.62 bits per heavy atom. The summed E-state index contributed by atoms with van der Waals surface area (Å²) in [4.78, 5) is 21.5. The lowest BCUT2D eigenvalue weighted by Gasteiger charge is -2.21. The van der Waals surface area contributed by atoms with E-state index >= 15 is 0 Å². The third-order valence-electron chi connectivity index (χ3n) is 5.23. The summed E-state index contributed by atoms with van der Waals surface area (Å²) in [7, 11) is 0. The first-order valence-corrected chi connectivity index (χ1v) is 9.11. The molecule has 7 heteroatoms. The molecule has 1 amide bonds. The van der Waals surface area contributed by atoms with Crippen LogP contribution in [0.2, 0.25) is 0 Å². The van der Waals surface area contributed by atoms with Crippen molar-refractivity contribution in [2.24, 2.45) is 0 Å². The SMILES string of the molecule is O=C(c1ccc(F)c(F)c1)N1CCCn2cnc(CN3CCCC3)c2C1. The smallest absolute Gasteiger partial charge is 0.254 e. The monoisotopic (exact) mass is 360 g/mol. The minimum Gasteiger partial charge on any atom is -0.333 e. The van der Waals surface area contributed by atoms with Crippen molar-refractivity contribution < 1.29 is 13.6 Å². The van der Waals surface area contributed by atoms with Gasteiger partial charge in [0.15, 0.2) is 11.6 Å². The number of carbonyl (C=O) groups is 1. The van der Waals surface area contributed by atoms with Gasteiger partial charge in [0.1, 0.15) is 0 Å². The zero-order valence-electron chi connectivity index (χ0n) is 14.6. The molecule has 1 aromatic carbocycles. The summed E-state index contributed by atoms with van der Waals surface area (Å²) in [6, 6.07) is 3.32. The average molecular weight is 360 g/mol. The van der Waals surface area contributed by atoms with E-state index in [9.17, 15) is 13.6 Å². The molecule has 3 heterocycles. The number of benzene rings is 1. The Morgan fingerprint density at radius 2 is 1.85 bits per heavy atom. The van der Waals surface area contributed by atoms with Crippen molar-refractivity contribution in [3.8, 4) is 0 Å². The van der Waals surface area contributed by atoms with Crippen LogP contribution in [-0.2, 0) is 19.6 Å². The van der Waals surface area contributed by atoms with Crippen LogP contribution in [-0.4, -0.2) is 44.9 Å². The van der Waals surface area contributed by atoms with E-state index in [1.807, 2.05) is 6.33 Å². The number of aryl methyl sites for hydroxylation is 1. The molecule has 2 aromatic rings. The molecule has 1 fully saturated rings. The van der Waals surface area contributed by atoms with Crippen LogP contribution < -0.4 is 0 Å². The first-order chi connectivity index (χ1) is 12.6. The van der Waals surface area contributed by atoms with Gasteiger partial charge in [-0.25, -0.2) is 13.8 Å². The maximum absolute atomic E-state index is 13.5. The Hall–Kier alpha value is -2.28. The first kappa shape index (κ1) is 17.1. The van der Waals surface area contributed by atoms with Crippen molar-refractivity contribution >= 4 is 5.91 Å². The summed E-state index contributed by atoms with van der Waals surface area (Å²) < 4.78 is 28.8. The van der Waals surface area contributed by atoms with E-state index in [1.165, 1.54) is 18.9 Å². The fourth-order valence-corrected chi connectivity index (χ4v) is 3.79. The van der Waals surface area contributed by atoms with E-state index in [-0.39, 0.29) is 11.5 Å². The molecule has 138 valence electrons. The molecule has 2 aliphatic rings. The van der Waals surface area contributed by atoms with Crippen molar-refractivity contribution in [3.63, 3.8) is 0 Å². The Labute approximate surface area is 151 Å². The lowest BCUT2D eigenvalue weighted by Crippen LogP contribution is -2.31. The molecule has 1 saturated heterocycles. The number of rotatable bonds is 3. The van der Waals surface area contributed by atoms with Gasteiger partial charge in [0, 0.05) is 25.2 Å².